The number of aliphatic hydroxyl groups excluding tert-OH is 1. The highest BCUT2D eigenvalue weighted by Crippen LogP contribution is 2.55. The summed E-state index contributed by atoms with van der Waals surface area (Å²) in [6, 6.07) is 11.7. The molecule has 5 nitrogen and oxygen atoms in total. The van der Waals surface area contributed by atoms with Crippen LogP contribution in [-0.4, -0.2) is 24.8 Å². The maximum atomic E-state index is 12.7. The van der Waals surface area contributed by atoms with Gasteiger partial charge in [-0.1, -0.05) is 12.1 Å². The molecule has 0 bridgehead atoms. The fourth-order valence-electron chi connectivity index (χ4n) is 4.80. The Hall–Kier alpha value is -2.53. The molecule has 2 aromatic rings. The minimum absolute atomic E-state index is 0.0533. The molecule has 4 atom stereocenters. The lowest BCUT2D eigenvalue weighted by atomic mass is 9.66. The molecule has 5 rings (SSSR count). The van der Waals surface area contributed by atoms with Crippen molar-refractivity contribution >= 4 is 5.78 Å². The normalized spacial score (nSPS) is 28.6. The summed E-state index contributed by atoms with van der Waals surface area (Å²) in [5, 5.41) is 11.0. The van der Waals surface area contributed by atoms with Gasteiger partial charge in [-0.3, -0.25) is 4.79 Å². The van der Waals surface area contributed by atoms with Crippen LogP contribution < -0.4 is 14.2 Å². The maximum absolute atomic E-state index is 12.7. The molecule has 0 unspecified atom stereocenters. The molecule has 0 saturated heterocycles. The van der Waals surface area contributed by atoms with Crippen molar-refractivity contribution in [3.8, 4) is 17.2 Å². The van der Waals surface area contributed by atoms with Gasteiger partial charge in [0.1, 0.15) is 11.5 Å². The second-order valence-corrected chi connectivity index (χ2v) is 7.22. The van der Waals surface area contributed by atoms with Crippen LogP contribution in [0.2, 0.25) is 0 Å². The number of carbonyl (C=O) groups excluding carboxylic acids is 1. The molecule has 1 aliphatic heterocycles. The SMILES string of the molecule is COc1ccc([C@@H]2c3cc4c(cc3[C@H](O)[C@H]3CCC(=O)[C@@H]23)OCO4)cc1. The highest BCUT2D eigenvalue weighted by Gasteiger charge is 2.50. The van der Waals surface area contributed by atoms with Crippen molar-refractivity contribution in [3.05, 3.63) is 53.1 Å². The molecule has 134 valence electrons. The number of fused-ring (bicyclic) bond motifs is 3. The van der Waals surface area contributed by atoms with Crippen molar-refractivity contribution in [2.45, 2.75) is 24.9 Å². The van der Waals surface area contributed by atoms with E-state index in [9.17, 15) is 9.90 Å². The number of aliphatic hydroxyl groups is 1. The molecule has 2 aliphatic carbocycles. The van der Waals surface area contributed by atoms with Crippen molar-refractivity contribution in [1.29, 1.82) is 0 Å². The highest BCUT2D eigenvalue weighted by atomic mass is 16.7. The maximum Gasteiger partial charge on any atom is 0.231 e. The number of Topliss-reactive ketones (excluding diaryl/α,β-unsaturated/α-hetero) is 1. The lowest BCUT2D eigenvalue weighted by molar-refractivity contribution is -0.122. The van der Waals surface area contributed by atoms with Gasteiger partial charge in [-0.2, -0.15) is 0 Å². The third kappa shape index (κ3) is 2.16. The average molecular weight is 352 g/mol. The zero-order valence-corrected chi connectivity index (χ0v) is 14.5. The standard InChI is InChI=1S/C21H20O5/c1-24-12-4-2-11(3-5-12)19-14-8-17-18(26-10-25-17)9-15(14)21(23)13-6-7-16(22)20(13)19/h2-5,8-9,13,19-21,23H,6-7,10H2,1H3/t13-,19+,20-,21+/m0/s1. The van der Waals surface area contributed by atoms with Gasteiger partial charge in [-0.05, 0) is 47.4 Å². The molecule has 3 aliphatic rings. The topological polar surface area (TPSA) is 65.0 Å². The number of ketones is 1. The summed E-state index contributed by atoms with van der Waals surface area (Å²) in [6.07, 6.45) is 0.607. The zero-order chi connectivity index (χ0) is 17.8. The van der Waals surface area contributed by atoms with Crippen LogP contribution in [0.4, 0.5) is 0 Å². The predicted molar refractivity (Wildman–Crippen MR) is 93.6 cm³/mol. The van der Waals surface area contributed by atoms with E-state index in [1.54, 1.807) is 7.11 Å². The van der Waals surface area contributed by atoms with E-state index < -0.39 is 6.10 Å². The van der Waals surface area contributed by atoms with E-state index in [0.29, 0.717) is 17.9 Å². The van der Waals surface area contributed by atoms with E-state index >= 15 is 0 Å². The van der Waals surface area contributed by atoms with Crippen molar-refractivity contribution in [1.82, 2.24) is 0 Å². The first-order chi connectivity index (χ1) is 12.7. The Kier molecular flexibility index (Phi) is 3.47. The van der Waals surface area contributed by atoms with Crippen LogP contribution in [0.25, 0.3) is 0 Å². The molecular weight excluding hydrogens is 332 g/mol. The van der Waals surface area contributed by atoms with Crippen molar-refractivity contribution in [3.63, 3.8) is 0 Å². The third-order valence-corrected chi connectivity index (χ3v) is 6.03. The molecule has 1 saturated carbocycles. The summed E-state index contributed by atoms with van der Waals surface area (Å²) in [5.74, 6) is 2.02. The molecule has 0 amide bonds. The fourth-order valence-corrected chi connectivity index (χ4v) is 4.80. The first kappa shape index (κ1) is 15.7. The zero-order valence-electron chi connectivity index (χ0n) is 14.5. The number of methoxy groups -OCH3 is 1. The van der Waals surface area contributed by atoms with Gasteiger partial charge in [0.2, 0.25) is 6.79 Å². The summed E-state index contributed by atoms with van der Waals surface area (Å²) >= 11 is 0. The van der Waals surface area contributed by atoms with Crippen LogP contribution in [0.5, 0.6) is 17.2 Å². The second-order valence-electron chi connectivity index (χ2n) is 7.22. The minimum Gasteiger partial charge on any atom is -0.497 e. The molecule has 0 spiro atoms. The lowest BCUT2D eigenvalue weighted by Gasteiger charge is -2.38. The summed E-state index contributed by atoms with van der Waals surface area (Å²) < 4.78 is 16.3. The van der Waals surface area contributed by atoms with Gasteiger partial charge < -0.3 is 19.3 Å². The van der Waals surface area contributed by atoms with Gasteiger partial charge in [0.15, 0.2) is 11.5 Å². The van der Waals surface area contributed by atoms with Gasteiger partial charge in [0.05, 0.1) is 13.2 Å². The van der Waals surface area contributed by atoms with Crippen LogP contribution in [0, 0.1) is 11.8 Å². The van der Waals surface area contributed by atoms with Crippen LogP contribution >= 0.6 is 0 Å². The van der Waals surface area contributed by atoms with E-state index in [2.05, 4.69) is 0 Å². The second kappa shape index (κ2) is 5.74. The Morgan fingerprint density at radius 1 is 1.08 bits per heavy atom. The average Bonchev–Trinajstić information content (AvgIpc) is 3.28. The number of hydrogen-bond acceptors (Lipinski definition) is 5. The molecular formula is C21H20O5. The Labute approximate surface area is 151 Å². The number of rotatable bonds is 2. The van der Waals surface area contributed by atoms with Crippen molar-refractivity contribution in [2.24, 2.45) is 11.8 Å². The smallest absolute Gasteiger partial charge is 0.231 e. The first-order valence-corrected chi connectivity index (χ1v) is 8.95. The predicted octanol–water partition coefficient (Wildman–Crippen LogP) is 3.20. The van der Waals surface area contributed by atoms with E-state index in [1.165, 1.54) is 0 Å². The molecule has 0 aromatic heterocycles. The summed E-state index contributed by atoms with van der Waals surface area (Å²) in [4.78, 5) is 12.7. The van der Waals surface area contributed by atoms with Gasteiger partial charge in [-0.25, -0.2) is 0 Å². The number of carbonyl (C=O) groups is 1. The number of hydrogen-bond donors (Lipinski definition) is 1. The molecule has 5 heteroatoms. The van der Waals surface area contributed by atoms with E-state index in [1.807, 2.05) is 36.4 Å². The largest absolute Gasteiger partial charge is 0.497 e. The number of ether oxygens (including phenoxy) is 3. The minimum atomic E-state index is -0.648. The van der Waals surface area contributed by atoms with E-state index in [-0.39, 0.29) is 30.3 Å². The fraction of sp³-hybridized carbons (Fsp3) is 0.381. The number of benzene rings is 2. The Balaban J connectivity index is 1.70. The van der Waals surface area contributed by atoms with Gasteiger partial charge in [-0.15, -0.1) is 0 Å². The van der Waals surface area contributed by atoms with Crippen molar-refractivity contribution in [2.75, 3.05) is 13.9 Å². The lowest BCUT2D eigenvalue weighted by Crippen LogP contribution is -2.33. The Morgan fingerprint density at radius 2 is 1.77 bits per heavy atom. The molecule has 0 radical (unpaired) electrons. The molecule has 1 heterocycles. The van der Waals surface area contributed by atoms with Gasteiger partial charge >= 0.3 is 0 Å². The summed E-state index contributed by atoms with van der Waals surface area (Å²) in [5.41, 5.74) is 2.87. The van der Waals surface area contributed by atoms with Gasteiger partial charge in [0.25, 0.3) is 0 Å². The molecule has 2 aromatic carbocycles. The van der Waals surface area contributed by atoms with Crippen LogP contribution in [0.1, 0.15) is 41.6 Å². The van der Waals surface area contributed by atoms with Gasteiger partial charge in [0, 0.05) is 24.2 Å². The van der Waals surface area contributed by atoms with Crippen LogP contribution in [0.15, 0.2) is 36.4 Å². The summed E-state index contributed by atoms with van der Waals surface area (Å²) in [6.45, 7) is 0.188. The third-order valence-electron chi connectivity index (χ3n) is 6.03. The monoisotopic (exact) mass is 352 g/mol. The molecule has 26 heavy (non-hydrogen) atoms. The van der Waals surface area contributed by atoms with E-state index in [4.69, 9.17) is 14.2 Å². The molecule has 1 fully saturated rings. The van der Waals surface area contributed by atoms with Crippen LogP contribution in [0.3, 0.4) is 0 Å². The molecule has 1 N–H and O–H groups in total. The Morgan fingerprint density at radius 3 is 2.46 bits per heavy atom. The highest BCUT2D eigenvalue weighted by molar-refractivity contribution is 5.86. The van der Waals surface area contributed by atoms with E-state index in [0.717, 1.165) is 28.9 Å². The van der Waals surface area contributed by atoms with Crippen LogP contribution in [-0.2, 0) is 4.79 Å². The summed E-state index contributed by atoms with van der Waals surface area (Å²) in [7, 11) is 1.64. The Bertz CT molecular complexity index is 873. The first-order valence-electron chi connectivity index (χ1n) is 8.95. The quantitative estimate of drug-likeness (QED) is 0.899. The van der Waals surface area contributed by atoms with Crippen molar-refractivity contribution < 1.29 is 24.1 Å².